The van der Waals surface area contributed by atoms with E-state index in [-0.39, 0.29) is 5.54 Å². The third-order valence-electron chi connectivity index (χ3n) is 4.83. The number of rotatable bonds is 5. The van der Waals surface area contributed by atoms with Gasteiger partial charge in [-0.25, -0.2) is 9.97 Å². The van der Waals surface area contributed by atoms with Crippen molar-refractivity contribution < 1.29 is 0 Å². The van der Waals surface area contributed by atoms with Gasteiger partial charge in [0.25, 0.3) is 0 Å². The first kappa shape index (κ1) is 17.1. The molecule has 1 atom stereocenters. The quantitative estimate of drug-likeness (QED) is 0.552. The summed E-state index contributed by atoms with van der Waals surface area (Å²) < 4.78 is 0. The van der Waals surface area contributed by atoms with Crippen LogP contribution >= 0.6 is 11.8 Å². The van der Waals surface area contributed by atoms with Gasteiger partial charge in [-0.05, 0) is 17.5 Å². The summed E-state index contributed by atoms with van der Waals surface area (Å²) in [5.41, 5.74) is 8.86. The first-order chi connectivity index (χ1) is 12.7. The number of nitrogens with two attached hydrogens (primary N) is 1. The molecule has 1 fully saturated rings. The molecular formula is C21H22N4S. The zero-order valence-corrected chi connectivity index (χ0v) is 15.4. The minimum Gasteiger partial charge on any atom is -0.354 e. The minimum absolute atomic E-state index is 0.316. The standard InChI is InChI=1S/C21H22N4S/c22-21(18-9-5-2-6-10-18)11-12-25(15-21)19-13-20(24-16-23-19)26-14-17-7-3-1-4-8-17/h1-10,13,16H,11-12,14-15,22H2. The molecule has 1 aliphatic rings. The molecule has 0 amide bonds. The highest BCUT2D eigenvalue weighted by molar-refractivity contribution is 7.98. The summed E-state index contributed by atoms with van der Waals surface area (Å²) in [5.74, 6) is 1.86. The molecule has 1 unspecified atom stereocenters. The van der Waals surface area contributed by atoms with Crippen molar-refractivity contribution >= 4 is 17.6 Å². The zero-order chi connectivity index (χ0) is 17.8. The van der Waals surface area contributed by atoms with Crippen molar-refractivity contribution in [1.29, 1.82) is 0 Å². The van der Waals surface area contributed by atoms with Crippen LogP contribution in [0.1, 0.15) is 17.5 Å². The van der Waals surface area contributed by atoms with Crippen LogP contribution in [0, 0.1) is 0 Å². The van der Waals surface area contributed by atoms with Crippen molar-refractivity contribution in [2.24, 2.45) is 5.73 Å². The topological polar surface area (TPSA) is 55.0 Å². The Morgan fingerprint density at radius 3 is 2.50 bits per heavy atom. The van der Waals surface area contributed by atoms with Gasteiger partial charge in [0.05, 0.1) is 5.54 Å². The maximum Gasteiger partial charge on any atom is 0.133 e. The number of hydrogen-bond acceptors (Lipinski definition) is 5. The lowest BCUT2D eigenvalue weighted by atomic mass is 9.90. The first-order valence-corrected chi connectivity index (χ1v) is 9.80. The van der Waals surface area contributed by atoms with Crippen molar-refractivity contribution in [3.05, 3.63) is 84.2 Å². The van der Waals surface area contributed by atoms with E-state index in [1.165, 1.54) is 11.1 Å². The predicted octanol–water partition coefficient (Wildman–Crippen LogP) is 3.83. The Morgan fingerprint density at radius 2 is 1.73 bits per heavy atom. The molecule has 0 bridgehead atoms. The van der Waals surface area contributed by atoms with Gasteiger partial charge >= 0.3 is 0 Å². The van der Waals surface area contributed by atoms with Crippen LogP contribution in [0.4, 0.5) is 5.82 Å². The summed E-state index contributed by atoms with van der Waals surface area (Å²) in [5, 5.41) is 0.994. The van der Waals surface area contributed by atoms with Crippen LogP contribution in [0.2, 0.25) is 0 Å². The lowest BCUT2D eigenvalue weighted by molar-refractivity contribution is 0.499. The van der Waals surface area contributed by atoms with Gasteiger partial charge < -0.3 is 10.6 Å². The molecule has 0 spiro atoms. The van der Waals surface area contributed by atoms with E-state index >= 15 is 0 Å². The molecule has 2 N–H and O–H groups in total. The lowest BCUT2D eigenvalue weighted by Gasteiger charge is -2.25. The van der Waals surface area contributed by atoms with E-state index in [4.69, 9.17) is 5.73 Å². The molecule has 1 aromatic heterocycles. The van der Waals surface area contributed by atoms with E-state index in [9.17, 15) is 0 Å². The molecule has 2 aromatic carbocycles. The molecule has 2 heterocycles. The minimum atomic E-state index is -0.316. The Hall–Kier alpha value is -2.37. The Kier molecular flexibility index (Phi) is 4.91. The van der Waals surface area contributed by atoms with Gasteiger partial charge in [0, 0.05) is 24.9 Å². The van der Waals surface area contributed by atoms with E-state index in [1.54, 1.807) is 18.1 Å². The number of hydrogen-bond donors (Lipinski definition) is 1. The van der Waals surface area contributed by atoms with Gasteiger partial charge in [-0.3, -0.25) is 0 Å². The molecule has 26 heavy (non-hydrogen) atoms. The molecular weight excluding hydrogens is 340 g/mol. The molecule has 1 saturated heterocycles. The van der Waals surface area contributed by atoms with E-state index in [0.717, 1.165) is 36.1 Å². The van der Waals surface area contributed by atoms with E-state index < -0.39 is 0 Å². The molecule has 4 rings (SSSR count). The number of thioether (sulfide) groups is 1. The highest BCUT2D eigenvalue weighted by Crippen LogP contribution is 2.32. The second kappa shape index (κ2) is 7.48. The van der Waals surface area contributed by atoms with Crippen molar-refractivity contribution in [3.8, 4) is 0 Å². The summed E-state index contributed by atoms with van der Waals surface area (Å²) in [6.45, 7) is 1.68. The molecule has 0 aliphatic carbocycles. The molecule has 0 radical (unpaired) electrons. The largest absolute Gasteiger partial charge is 0.354 e. The number of benzene rings is 2. The van der Waals surface area contributed by atoms with E-state index in [1.807, 2.05) is 12.1 Å². The summed E-state index contributed by atoms with van der Waals surface area (Å²) >= 11 is 1.73. The average molecular weight is 363 g/mol. The fraction of sp³-hybridized carbons (Fsp3) is 0.238. The summed E-state index contributed by atoms with van der Waals surface area (Å²) in [6.07, 6.45) is 2.58. The number of nitrogens with zero attached hydrogens (tertiary/aromatic N) is 3. The Labute approximate surface area is 158 Å². The SMILES string of the molecule is NC1(c2ccccc2)CCN(c2cc(SCc3ccccc3)ncn2)C1. The second-order valence-electron chi connectivity index (χ2n) is 6.68. The third-order valence-corrected chi connectivity index (χ3v) is 5.83. The fourth-order valence-corrected chi connectivity index (χ4v) is 4.17. The predicted molar refractivity (Wildman–Crippen MR) is 107 cm³/mol. The summed E-state index contributed by atoms with van der Waals surface area (Å²) in [7, 11) is 0. The van der Waals surface area contributed by atoms with Gasteiger partial charge in [0.2, 0.25) is 0 Å². The van der Waals surface area contributed by atoms with Crippen LogP contribution in [0.15, 0.2) is 78.1 Å². The highest BCUT2D eigenvalue weighted by atomic mass is 32.2. The van der Waals surface area contributed by atoms with Crippen molar-refractivity contribution in [3.63, 3.8) is 0 Å². The van der Waals surface area contributed by atoms with Crippen LogP contribution < -0.4 is 10.6 Å². The van der Waals surface area contributed by atoms with Crippen LogP contribution in [-0.2, 0) is 11.3 Å². The summed E-state index contributed by atoms with van der Waals surface area (Å²) in [4.78, 5) is 11.2. The normalized spacial score (nSPS) is 19.7. The summed E-state index contributed by atoms with van der Waals surface area (Å²) in [6, 6.07) is 22.9. The molecule has 3 aromatic rings. The first-order valence-electron chi connectivity index (χ1n) is 8.81. The fourth-order valence-electron chi connectivity index (χ4n) is 3.35. The second-order valence-corrected chi connectivity index (χ2v) is 7.68. The zero-order valence-electron chi connectivity index (χ0n) is 14.6. The monoisotopic (exact) mass is 362 g/mol. The maximum absolute atomic E-state index is 6.69. The van der Waals surface area contributed by atoms with Crippen LogP contribution in [-0.4, -0.2) is 23.1 Å². The Morgan fingerprint density at radius 1 is 1.00 bits per heavy atom. The average Bonchev–Trinajstić information content (AvgIpc) is 3.12. The molecule has 0 saturated carbocycles. The smallest absolute Gasteiger partial charge is 0.133 e. The maximum atomic E-state index is 6.69. The lowest BCUT2D eigenvalue weighted by Crippen LogP contribution is -2.39. The van der Waals surface area contributed by atoms with Gasteiger partial charge in [-0.2, -0.15) is 0 Å². The Balaban J connectivity index is 1.45. The molecule has 4 nitrogen and oxygen atoms in total. The van der Waals surface area contributed by atoms with Gasteiger partial charge in [0.15, 0.2) is 0 Å². The molecule has 132 valence electrons. The Bertz CT molecular complexity index is 856. The third kappa shape index (κ3) is 3.74. The molecule has 1 aliphatic heterocycles. The molecule has 5 heteroatoms. The van der Waals surface area contributed by atoms with Crippen LogP contribution in [0.3, 0.4) is 0 Å². The van der Waals surface area contributed by atoms with Gasteiger partial charge in [0.1, 0.15) is 17.2 Å². The number of anilines is 1. The van der Waals surface area contributed by atoms with Gasteiger partial charge in [-0.15, -0.1) is 11.8 Å². The van der Waals surface area contributed by atoms with E-state index in [0.29, 0.717) is 0 Å². The van der Waals surface area contributed by atoms with Crippen LogP contribution in [0.5, 0.6) is 0 Å². The van der Waals surface area contributed by atoms with E-state index in [2.05, 4.69) is 69.5 Å². The highest BCUT2D eigenvalue weighted by Gasteiger charge is 2.36. The van der Waals surface area contributed by atoms with Crippen molar-refractivity contribution in [1.82, 2.24) is 9.97 Å². The van der Waals surface area contributed by atoms with Crippen molar-refractivity contribution in [2.75, 3.05) is 18.0 Å². The van der Waals surface area contributed by atoms with Crippen LogP contribution in [0.25, 0.3) is 0 Å². The number of aromatic nitrogens is 2. The van der Waals surface area contributed by atoms with Gasteiger partial charge in [-0.1, -0.05) is 60.7 Å². The van der Waals surface area contributed by atoms with Crippen molar-refractivity contribution in [2.45, 2.75) is 22.7 Å².